The van der Waals surface area contributed by atoms with Crippen LogP contribution in [0.15, 0.2) is 0 Å². The van der Waals surface area contributed by atoms with Gasteiger partial charge in [0.05, 0.1) is 12.2 Å². The Balaban J connectivity index is 1.56. The molecule has 4 fully saturated rings. The minimum atomic E-state index is -0.136. The second kappa shape index (κ2) is 8.25. The van der Waals surface area contributed by atoms with Crippen molar-refractivity contribution in [2.45, 2.75) is 132 Å². The van der Waals surface area contributed by atoms with Gasteiger partial charge in [0.25, 0.3) is 0 Å². The molecule has 2 heteroatoms. The van der Waals surface area contributed by atoms with E-state index in [1.165, 1.54) is 51.4 Å². The molecule has 186 valence electrons. The molecule has 0 bridgehead atoms. The average molecular weight is 447 g/mol. The Hall–Kier alpha value is -0.0800. The molecule has 0 aromatic heterocycles. The zero-order chi connectivity index (χ0) is 23.7. The molecule has 0 aromatic rings. The molecule has 0 spiro atoms. The van der Waals surface area contributed by atoms with Gasteiger partial charge >= 0.3 is 0 Å². The van der Waals surface area contributed by atoms with Crippen molar-refractivity contribution in [2.75, 3.05) is 0 Å². The van der Waals surface area contributed by atoms with Gasteiger partial charge in [-0.15, -0.1) is 0 Å². The molecule has 0 amide bonds. The molecule has 32 heavy (non-hydrogen) atoms. The highest BCUT2D eigenvalue weighted by atomic mass is 16.3. The normalized spacial score (nSPS) is 52.7. The molecule has 0 unspecified atom stereocenters. The van der Waals surface area contributed by atoms with E-state index in [1.807, 2.05) is 0 Å². The van der Waals surface area contributed by atoms with Gasteiger partial charge in [0.15, 0.2) is 0 Å². The van der Waals surface area contributed by atoms with Crippen LogP contribution in [0.5, 0.6) is 0 Å². The molecule has 0 saturated heterocycles. The Labute approximate surface area is 199 Å². The summed E-state index contributed by atoms with van der Waals surface area (Å²) in [5.41, 5.74) is 0.843. The second-order valence-electron chi connectivity index (χ2n) is 14.8. The van der Waals surface area contributed by atoms with E-state index in [-0.39, 0.29) is 23.0 Å². The van der Waals surface area contributed by atoms with Gasteiger partial charge in [0.2, 0.25) is 0 Å². The molecule has 2 N–H and O–H groups in total. The van der Waals surface area contributed by atoms with Crippen molar-refractivity contribution < 1.29 is 10.2 Å². The maximum Gasteiger partial charge on any atom is 0.0594 e. The number of rotatable bonds is 3. The van der Waals surface area contributed by atoms with Crippen LogP contribution in [0.4, 0.5) is 0 Å². The standard InChI is InChI=1S/C30H54O2/c1-19-9-13-23-27(3,4)25(31)15-17-29(23,7)21(19)11-12-22-20(2)10-14-24-28(5,6)26(32)16-18-30(22,24)8/h19-26,31-32H,9-18H2,1-8H3/t19-,20-,21+,22+,23+,24+,25+,26+,29-,30-/m1/s1. The summed E-state index contributed by atoms with van der Waals surface area (Å²) in [4.78, 5) is 0. The van der Waals surface area contributed by atoms with Crippen LogP contribution in [-0.2, 0) is 0 Å². The fraction of sp³-hybridized carbons (Fsp3) is 1.00. The van der Waals surface area contributed by atoms with Gasteiger partial charge in [0.1, 0.15) is 0 Å². The van der Waals surface area contributed by atoms with E-state index in [2.05, 4.69) is 55.4 Å². The smallest absolute Gasteiger partial charge is 0.0594 e. The van der Waals surface area contributed by atoms with Crippen LogP contribution in [0, 0.1) is 57.2 Å². The lowest BCUT2D eigenvalue weighted by Gasteiger charge is -2.62. The maximum atomic E-state index is 10.8. The van der Waals surface area contributed by atoms with E-state index in [0.29, 0.717) is 22.7 Å². The third-order valence-corrected chi connectivity index (χ3v) is 12.7. The Kier molecular flexibility index (Phi) is 6.45. The highest BCUT2D eigenvalue weighted by Crippen LogP contribution is 2.65. The zero-order valence-electron chi connectivity index (χ0n) is 22.6. The van der Waals surface area contributed by atoms with Crippen LogP contribution in [0.1, 0.15) is 120 Å². The van der Waals surface area contributed by atoms with Gasteiger partial charge in [-0.3, -0.25) is 0 Å². The van der Waals surface area contributed by atoms with E-state index in [9.17, 15) is 10.2 Å². The van der Waals surface area contributed by atoms with Gasteiger partial charge < -0.3 is 10.2 Å². The summed E-state index contributed by atoms with van der Waals surface area (Å²) in [5.74, 6) is 4.47. The summed E-state index contributed by atoms with van der Waals surface area (Å²) >= 11 is 0. The first-order valence-electron chi connectivity index (χ1n) is 14.1. The molecule has 2 nitrogen and oxygen atoms in total. The molecule has 4 aliphatic rings. The van der Waals surface area contributed by atoms with Crippen molar-refractivity contribution >= 4 is 0 Å². The van der Waals surface area contributed by atoms with E-state index < -0.39 is 0 Å². The van der Waals surface area contributed by atoms with Crippen molar-refractivity contribution in [3.8, 4) is 0 Å². The number of aliphatic hydroxyl groups excluding tert-OH is 2. The van der Waals surface area contributed by atoms with Crippen molar-refractivity contribution in [3.05, 3.63) is 0 Å². The van der Waals surface area contributed by atoms with E-state index in [0.717, 1.165) is 36.5 Å². The fourth-order valence-electron chi connectivity index (χ4n) is 10.6. The fourth-order valence-corrected chi connectivity index (χ4v) is 10.6. The number of fused-ring (bicyclic) bond motifs is 2. The monoisotopic (exact) mass is 446 g/mol. The lowest BCUT2D eigenvalue weighted by atomic mass is 9.43. The van der Waals surface area contributed by atoms with E-state index >= 15 is 0 Å². The van der Waals surface area contributed by atoms with Gasteiger partial charge in [-0.1, -0.05) is 68.2 Å². The Bertz CT molecular complexity index is 624. The third kappa shape index (κ3) is 3.64. The Morgan fingerprint density at radius 1 is 0.562 bits per heavy atom. The molecule has 0 aromatic carbocycles. The quantitative estimate of drug-likeness (QED) is 0.472. The molecular formula is C30H54O2. The summed E-state index contributed by atoms with van der Waals surface area (Å²) in [6, 6.07) is 0. The molecular weight excluding hydrogens is 392 g/mol. The van der Waals surface area contributed by atoms with Crippen LogP contribution in [0.3, 0.4) is 0 Å². The summed E-state index contributed by atoms with van der Waals surface area (Å²) in [6.07, 6.45) is 12.1. The first kappa shape index (κ1) is 25.0. The highest BCUT2D eigenvalue weighted by molar-refractivity contribution is 5.08. The van der Waals surface area contributed by atoms with E-state index in [4.69, 9.17) is 0 Å². The lowest BCUT2D eigenvalue weighted by molar-refractivity contribution is -0.162. The molecule has 0 aliphatic heterocycles. The maximum absolute atomic E-state index is 10.8. The molecule has 4 rings (SSSR count). The summed E-state index contributed by atoms with van der Waals surface area (Å²) in [6.45, 7) is 19.6. The van der Waals surface area contributed by atoms with Gasteiger partial charge in [-0.2, -0.15) is 0 Å². The predicted octanol–water partition coefficient (Wildman–Crippen LogP) is 7.47. The number of hydrogen-bond acceptors (Lipinski definition) is 2. The molecule has 4 aliphatic carbocycles. The zero-order valence-corrected chi connectivity index (χ0v) is 22.6. The highest BCUT2D eigenvalue weighted by Gasteiger charge is 2.59. The minimum Gasteiger partial charge on any atom is -0.393 e. The van der Waals surface area contributed by atoms with Gasteiger partial charge in [-0.05, 0) is 109 Å². The third-order valence-electron chi connectivity index (χ3n) is 12.7. The van der Waals surface area contributed by atoms with Crippen LogP contribution in [-0.4, -0.2) is 22.4 Å². The molecule has 0 heterocycles. The lowest BCUT2D eigenvalue weighted by Crippen LogP contribution is -2.57. The van der Waals surface area contributed by atoms with Crippen molar-refractivity contribution in [1.82, 2.24) is 0 Å². The molecule has 0 radical (unpaired) electrons. The molecule has 4 saturated carbocycles. The summed E-state index contributed by atoms with van der Waals surface area (Å²) in [7, 11) is 0. The Morgan fingerprint density at radius 2 is 0.906 bits per heavy atom. The molecule has 10 atom stereocenters. The Morgan fingerprint density at radius 3 is 1.25 bits per heavy atom. The minimum absolute atomic E-state index is 0.0458. The van der Waals surface area contributed by atoms with Crippen LogP contribution < -0.4 is 0 Å². The van der Waals surface area contributed by atoms with Crippen molar-refractivity contribution in [3.63, 3.8) is 0 Å². The predicted molar refractivity (Wildman–Crippen MR) is 134 cm³/mol. The van der Waals surface area contributed by atoms with Gasteiger partial charge in [-0.25, -0.2) is 0 Å². The topological polar surface area (TPSA) is 40.5 Å². The second-order valence-corrected chi connectivity index (χ2v) is 14.8. The average Bonchev–Trinajstić information content (AvgIpc) is 2.69. The van der Waals surface area contributed by atoms with E-state index in [1.54, 1.807) is 0 Å². The first-order valence-corrected chi connectivity index (χ1v) is 14.1. The van der Waals surface area contributed by atoms with Crippen LogP contribution in [0.2, 0.25) is 0 Å². The van der Waals surface area contributed by atoms with Gasteiger partial charge in [0, 0.05) is 0 Å². The summed E-state index contributed by atoms with van der Waals surface area (Å²) < 4.78 is 0. The first-order chi connectivity index (χ1) is 14.8. The number of hydrogen-bond donors (Lipinski definition) is 2. The number of aliphatic hydroxyl groups is 2. The SMILES string of the molecule is C[C@@H]1CC[C@H]2C(C)(C)[C@@H](O)CC[C@]2(C)[C@H]1CC[C@H]1[C@H](C)CC[C@H]2C(C)(C)[C@@H](O)CC[C@]12C. The van der Waals surface area contributed by atoms with Crippen LogP contribution in [0.25, 0.3) is 0 Å². The van der Waals surface area contributed by atoms with Crippen molar-refractivity contribution in [1.29, 1.82) is 0 Å². The summed E-state index contributed by atoms with van der Waals surface area (Å²) in [5, 5.41) is 21.6. The van der Waals surface area contributed by atoms with Crippen molar-refractivity contribution in [2.24, 2.45) is 57.2 Å². The van der Waals surface area contributed by atoms with Crippen LogP contribution >= 0.6 is 0 Å². The largest absolute Gasteiger partial charge is 0.393 e.